The maximum absolute atomic E-state index is 11.2. The predicted octanol–water partition coefficient (Wildman–Crippen LogP) is 0.100. The van der Waals surface area contributed by atoms with E-state index in [1.807, 2.05) is 0 Å². The molecule has 3 N–H and O–H groups in total. The molecule has 2 rings (SSSR count). The van der Waals surface area contributed by atoms with Crippen molar-refractivity contribution >= 4 is 17.5 Å². The van der Waals surface area contributed by atoms with E-state index in [2.05, 4.69) is 15.3 Å². The molecule has 1 amide bonds. The first-order valence-corrected chi connectivity index (χ1v) is 5.78. The van der Waals surface area contributed by atoms with Gasteiger partial charge in [-0.25, -0.2) is 4.98 Å². The highest BCUT2D eigenvalue weighted by Gasteiger charge is 2.25. The second kappa shape index (κ2) is 5.07. The van der Waals surface area contributed by atoms with E-state index in [1.54, 1.807) is 11.8 Å². The van der Waals surface area contributed by atoms with Gasteiger partial charge in [-0.3, -0.25) is 4.79 Å². The van der Waals surface area contributed by atoms with Crippen LogP contribution >= 0.6 is 0 Å². The van der Waals surface area contributed by atoms with Crippen molar-refractivity contribution in [3.05, 3.63) is 6.20 Å². The highest BCUT2D eigenvalue weighted by atomic mass is 16.5. The van der Waals surface area contributed by atoms with Gasteiger partial charge in [-0.2, -0.15) is 4.98 Å². The molecule has 1 aromatic heterocycles. The van der Waals surface area contributed by atoms with Gasteiger partial charge in [0.1, 0.15) is 5.82 Å². The number of nitrogens with one attached hydrogen (secondary N) is 1. The third-order valence-electron chi connectivity index (χ3n) is 2.93. The summed E-state index contributed by atoms with van der Waals surface area (Å²) in [7, 11) is 1.52. The molecule has 1 atom stereocenters. The summed E-state index contributed by atoms with van der Waals surface area (Å²) in [5.74, 6) is 1.34. The van der Waals surface area contributed by atoms with Crippen LogP contribution in [0.5, 0.6) is 5.88 Å². The van der Waals surface area contributed by atoms with Crippen molar-refractivity contribution in [1.29, 1.82) is 0 Å². The topological polar surface area (TPSA) is 93.4 Å². The van der Waals surface area contributed by atoms with Crippen LogP contribution in [0.4, 0.5) is 11.6 Å². The van der Waals surface area contributed by atoms with E-state index < -0.39 is 0 Å². The number of nitrogens with zero attached hydrogens (tertiary/aromatic N) is 3. The molecular formula is C11H17N5O2. The Morgan fingerprint density at radius 1 is 1.67 bits per heavy atom. The molecule has 98 valence electrons. The van der Waals surface area contributed by atoms with E-state index in [0.29, 0.717) is 24.1 Å². The Bertz CT molecular complexity index is 451. The van der Waals surface area contributed by atoms with Gasteiger partial charge in [0.2, 0.25) is 5.91 Å². The summed E-state index contributed by atoms with van der Waals surface area (Å²) >= 11 is 0. The standard InChI is InChI=1S/C11H17N5O2/c1-7(17)16-4-3-8(6-16)14-10-11(18-2)15-9(12)5-13-10/h5,8H,3-4,6H2,1-2H3,(H2,12,15)(H,13,14)/t8-/m1/s1. The molecule has 7 nitrogen and oxygen atoms in total. The van der Waals surface area contributed by atoms with Crippen molar-refractivity contribution in [3.63, 3.8) is 0 Å². The van der Waals surface area contributed by atoms with Crippen LogP contribution in [0.25, 0.3) is 0 Å². The van der Waals surface area contributed by atoms with Gasteiger partial charge in [-0.1, -0.05) is 0 Å². The second-order valence-electron chi connectivity index (χ2n) is 4.25. The number of aromatic nitrogens is 2. The van der Waals surface area contributed by atoms with E-state index in [-0.39, 0.29) is 11.9 Å². The fourth-order valence-electron chi connectivity index (χ4n) is 1.98. The molecule has 0 radical (unpaired) electrons. The maximum Gasteiger partial charge on any atom is 0.259 e. The Balaban J connectivity index is 2.04. The third-order valence-corrected chi connectivity index (χ3v) is 2.93. The lowest BCUT2D eigenvalue weighted by Crippen LogP contribution is -2.29. The van der Waals surface area contributed by atoms with Gasteiger partial charge in [-0.05, 0) is 6.42 Å². The van der Waals surface area contributed by atoms with Crippen LogP contribution < -0.4 is 15.8 Å². The third kappa shape index (κ3) is 2.61. The molecule has 0 unspecified atom stereocenters. The van der Waals surface area contributed by atoms with Crippen molar-refractivity contribution in [2.24, 2.45) is 0 Å². The molecule has 7 heteroatoms. The molecule has 1 aliphatic heterocycles. The number of likely N-dealkylation sites (tertiary alicyclic amines) is 1. The SMILES string of the molecule is COc1nc(N)cnc1N[C@@H]1CCN(C(C)=O)C1. The molecule has 1 aliphatic rings. The number of amides is 1. The summed E-state index contributed by atoms with van der Waals surface area (Å²) in [5, 5.41) is 3.22. The average molecular weight is 251 g/mol. The van der Waals surface area contributed by atoms with Crippen LogP contribution in [0.3, 0.4) is 0 Å². The molecule has 0 saturated carbocycles. The predicted molar refractivity (Wildman–Crippen MR) is 67.3 cm³/mol. The zero-order chi connectivity index (χ0) is 13.1. The van der Waals surface area contributed by atoms with E-state index >= 15 is 0 Å². The number of ether oxygens (including phenoxy) is 1. The van der Waals surface area contributed by atoms with Crippen LogP contribution in [-0.2, 0) is 4.79 Å². The van der Waals surface area contributed by atoms with Gasteiger partial charge in [-0.15, -0.1) is 0 Å². The lowest BCUT2D eigenvalue weighted by molar-refractivity contribution is -0.127. The zero-order valence-corrected chi connectivity index (χ0v) is 10.5. The lowest BCUT2D eigenvalue weighted by atomic mass is 10.2. The minimum atomic E-state index is 0.0923. The van der Waals surface area contributed by atoms with Gasteiger partial charge in [0, 0.05) is 26.1 Å². The molecular weight excluding hydrogens is 234 g/mol. The van der Waals surface area contributed by atoms with Crippen molar-refractivity contribution in [2.45, 2.75) is 19.4 Å². The minimum absolute atomic E-state index is 0.0923. The summed E-state index contributed by atoms with van der Waals surface area (Å²) in [6, 6.07) is 0.167. The number of rotatable bonds is 3. The van der Waals surface area contributed by atoms with Gasteiger partial charge in [0.25, 0.3) is 5.88 Å². The number of nitrogens with two attached hydrogens (primary N) is 1. The number of hydrogen-bond acceptors (Lipinski definition) is 6. The molecule has 1 fully saturated rings. The quantitative estimate of drug-likeness (QED) is 0.791. The molecule has 0 spiro atoms. The smallest absolute Gasteiger partial charge is 0.259 e. The molecule has 1 aromatic rings. The van der Waals surface area contributed by atoms with Gasteiger partial charge >= 0.3 is 0 Å². The highest BCUT2D eigenvalue weighted by Crippen LogP contribution is 2.22. The molecule has 18 heavy (non-hydrogen) atoms. The van der Waals surface area contributed by atoms with E-state index in [4.69, 9.17) is 10.5 Å². The maximum atomic E-state index is 11.2. The first-order chi connectivity index (χ1) is 8.60. The van der Waals surface area contributed by atoms with Crippen molar-refractivity contribution in [3.8, 4) is 5.88 Å². The number of carbonyl (C=O) groups is 1. The second-order valence-corrected chi connectivity index (χ2v) is 4.25. The number of carbonyl (C=O) groups excluding carboxylic acids is 1. The van der Waals surface area contributed by atoms with Crippen LogP contribution in [-0.4, -0.2) is 47.0 Å². The van der Waals surface area contributed by atoms with E-state index in [0.717, 1.165) is 13.0 Å². The molecule has 2 heterocycles. The molecule has 1 saturated heterocycles. The van der Waals surface area contributed by atoms with Crippen LogP contribution in [0.2, 0.25) is 0 Å². The Labute approximate surface area is 105 Å². The number of hydrogen-bond donors (Lipinski definition) is 2. The Morgan fingerprint density at radius 2 is 2.44 bits per heavy atom. The summed E-state index contributed by atoms with van der Waals surface area (Å²) < 4.78 is 5.11. The largest absolute Gasteiger partial charge is 0.478 e. The normalized spacial score (nSPS) is 18.8. The first-order valence-electron chi connectivity index (χ1n) is 5.78. The minimum Gasteiger partial charge on any atom is -0.478 e. The number of nitrogen functional groups attached to an aromatic ring is 1. The first kappa shape index (κ1) is 12.4. The average Bonchev–Trinajstić information content (AvgIpc) is 2.80. The molecule has 0 aliphatic carbocycles. The molecule has 0 bridgehead atoms. The highest BCUT2D eigenvalue weighted by molar-refractivity contribution is 5.73. The fraction of sp³-hybridized carbons (Fsp3) is 0.545. The fourth-order valence-corrected chi connectivity index (χ4v) is 1.98. The van der Waals surface area contributed by atoms with Crippen molar-refractivity contribution in [2.75, 3.05) is 31.2 Å². The summed E-state index contributed by atoms with van der Waals surface area (Å²) in [6.07, 6.45) is 2.36. The lowest BCUT2D eigenvalue weighted by Gasteiger charge is -2.16. The van der Waals surface area contributed by atoms with Crippen molar-refractivity contribution < 1.29 is 9.53 Å². The van der Waals surface area contributed by atoms with Gasteiger partial charge < -0.3 is 20.7 Å². The van der Waals surface area contributed by atoms with E-state index in [9.17, 15) is 4.79 Å². The Kier molecular flexibility index (Phi) is 3.50. The van der Waals surface area contributed by atoms with Crippen molar-refractivity contribution in [1.82, 2.24) is 14.9 Å². The van der Waals surface area contributed by atoms with Gasteiger partial charge in [0.15, 0.2) is 5.82 Å². The van der Waals surface area contributed by atoms with Crippen LogP contribution in [0, 0.1) is 0 Å². The van der Waals surface area contributed by atoms with Gasteiger partial charge in [0.05, 0.1) is 13.3 Å². The zero-order valence-electron chi connectivity index (χ0n) is 10.5. The Morgan fingerprint density at radius 3 is 3.06 bits per heavy atom. The summed E-state index contributed by atoms with van der Waals surface area (Å²) in [6.45, 7) is 3.01. The summed E-state index contributed by atoms with van der Waals surface area (Å²) in [5.41, 5.74) is 5.54. The summed E-state index contributed by atoms with van der Waals surface area (Å²) in [4.78, 5) is 21.2. The van der Waals surface area contributed by atoms with Crippen LogP contribution in [0.1, 0.15) is 13.3 Å². The molecule has 0 aromatic carbocycles. The van der Waals surface area contributed by atoms with Crippen LogP contribution in [0.15, 0.2) is 6.20 Å². The Hall–Kier alpha value is -2.05. The van der Waals surface area contributed by atoms with E-state index in [1.165, 1.54) is 13.3 Å². The monoisotopic (exact) mass is 251 g/mol. The number of anilines is 2. The number of methoxy groups -OCH3 is 1.